The molecular weight excluding hydrogens is 122 g/mol. The average molecular weight is 139 g/mol. The summed E-state index contributed by atoms with van der Waals surface area (Å²) in [4.78, 5) is 0. The van der Waals surface area contributed by atoms with Crippen LogP contribution < -0.4 is 5.73 Å². The third kappa shape index (κ3) is 1.84. The van der Waals surface area contributed by atoms with Gasteiger partial charge in [0.15, 0.2) is 0 Å². The SMILES string of the molecule is CCC(=CC1CCC1)CN. The van der Waals surface area contributed by atoms with Crippen molar-refractivity contribution < 1.29 is 0 Å². The van der Waals surface area contributed by atoms with E-state index < -0.39 is 0 Å². The van der Waals surface area contributed by atoms with E-state index in [2.05, 4.69) is 13.0 Å². The van der Waals surface area contributed by atoms with Crippen molar-refractivity contribution in [1.29, 1.82) is 0 Å². The van der Waals surface area contributed by atoms with Crippen molar-refractivity contribution in [2.45, 2.75) is 32.6 Å². The summed E-state index contributed by atoms with van der Waals surface area (Å²) in [6.07, 6.45) is 7.71. The normalized spacial score (nSPS) is 20.8. The van der Waals surface area contributed by atoms with Crippen LogP contribution in [0.25, 0.3) is 0 Å². The fourth-order valence-electron chi connectivity index (χ4n) is 1.27. The molecule has 2 N–H and O–H groups in total. The highest BCUT2D eigenvalue weighted by atomic mass is 14.5. The van der Waals surface area contributed by atoms with Crippen molar-refractivity contribution in [3.05, 3.63) is 11.6 Å². The van der Waals surface area contributed by atoms with Gasteiger partial charge in [0, 0.05) is 6.54 Å². The number of allylic oxidation sites excluding steroid dienone is 1. The molecule has 0 bridgehead atoms. The first-order valence-corrected chi connectivity index (χ1v) is 4.26. The second-order valence-electron chi connectivity index (χ2n) is 3.07. The summed E-state index contributed by atoms with van der Waals surface area (Å²) in [6.45, 7) is 2.93. The topological polar surface area (TPSA) is 26.0 Å². The quantitative estimate of drug-likeness (QED) is 0.595. The van der Waals surface area contributed by atoms with Gasteiger partial charge in [0.1, 0.15) is 0 Å². The zero-order valence-corrected chi connectivity index (χ0v) is 6.77. The minimum atomic E-state index is 0.757. The first-order valence-electron chi connectivity index (χ1n) is 4.26. The summed E-state index contributed by atoms with van der Waals surface area (Å²) < 4.78 is 0. The molecule has 1 saturated carbocycles. The molecule has 0 unspecified atom stereocenters. The highest BCUT2D eigenvalue weighted by Crippen LogP contribution is 2.28. The molecule has 10 heavy (non-hydrogen) atoms. The lowest BCUT2D eigenvalue weighted by Gasteiger charge is -2.22. The number of hydrogen-bond donors (Lipinski definition) is 1. The van der Waals surface area contributed by atoms with E-state index in [1.165, 1.54) is 24.8 Å². The lowest BCUT2D eigenvalue weighted by Crippen LogP contribution is -2.11. The molecule has 1 heteroatoms. The standard InChI is InChI=1S/C9H17N/c1-2-8(7-10)6-9-4-3-5-9/h6,9H,2-5,7,10H2,1H3. The third-order valence-electron chi connectivity index (χ3n) is 2.34. The van der Waals surface area contributed by atoms with Crippen molar-refractivity contribution in [3.8, 4) is 0 Å². The Bertz CT molecular complexity index is 117. The van der Waals surface area contributed by atoms with Crippen LogP contribution in [0.15, 0.2) is 11.6 Å². The fraction of sp³-hybridized carbons (Fsp3) is 0.778. The second-order valence-corrected chi connectivity index (χ2v) is 3.07. The predicted molar refractivity (Wildman–Crippen MR) is 44.8 cm³/mol. The number of nitrogens with two attached hydrogens (primary N) is 1. The van der Waals surface area contributed by atoms with Gasteiger partial charge >= 0.3 is 0 Å². The van der Waals surface area contributed by atoms with E-state index in [0.717, 1.165) is 18.9 Å². The molecule has 0 aromatic rings. The van der Waals surface area contributed by atoms with Gasteiger partial charge in [0.05, 0.1) is 0 Å². The monoisotopic (exact) mass is 139 g/mol. The van der Waals surface area contributed by atoms with Crippen molar-refractivity contribution >= 4 is 0 Å². The maximum Gasteiger partial charge on any atom is 0.0136 e. The van der Waals surface area contributed by atoms with E-state index in [0.29, 0.717) is 0 Å². The molecule has 1 fully saturated rings. The van der Waals surface area contributed by atoms with Crippen LogP contribution in [-0.2, 0) is 0 Å². The van der Waals surface area contributed by atoms with Crippen molar-refractivity contribution in [2.75, 3.05) is 6.54 Å². The van der Waals surface area contributed by atoms with Crippen LogP contribution in [0.3, 0.4) is 0 Å². The van der Waals surface area contributed by atoms with Gasteiger partial charge in [-0.3, -0.25) is 0 Å². The summed E-state index contributed by atoms with van der Waals surface area (Å²) in [5.74, 6) is 0.874. The first kappa shape index (κ1) is 7.80. The molecule has 0 heterocycles. The van der Waals surface area contributed by atoms with Crippen molar-refractivity contribution in [1.82, 2.24) is 0 Å². The molecule has 0 aromatic heterocycles. The van der Waals surface area contributed by atoms with Crippen LogP contribution in [0.4, 0.5) is 0 Å². The molecule has 0 radical (unpaired) electrons. The number of hydrogen-bond acceptors (Lipinski definition) is 1. The van der Waals surface area contributed by atoms with E-state index in [1.807, 2.05) is 0 Å². The molecule has 1 aliphatic carbocycles. The highest BCUT2D eigenvalue weighted by Gasteiger charge is 2.14. The average Bonchev–Trinajstić information content (AvgIpc) is 1.87. The smallest absolute Gasteiger partial charge is 0.0136 e. The Morgan fingerprint density at radius 3 is 2.60 bits per heavy atom. The van der Waals surface area contributed by atoms with Crippen LogP contribution in [0.1, 0.15) is 32.6 Å². The summed E-state index contributed by atoms with van der Waals surface area (Å²) in [5, 5.41) is 0. The largest absolute Gasteiger partial charge is 0.327 e. The molecule has 0 saturated heterocycles. The van der Waals surface area contributed by atoms with Crippen LogP contribution in [0, 0.1) is 5.92 Å². The van der Waals surface area contributed by atoms with Crippen LogP contribution in [0.2, 0.25) is 0 Å². The second kappa shape index (κ2) is 3.77. The molecule has 0 aliphatic heterocycles. The molecule has 58 valence electrons. The molecule has 0 aromatic carbocycles. The van der Waals surface area contributed by atoms with E-state index in [9.17, 15) is 0 Å². The van der Waals surface area contributed by atoms with Crippen LogP contribution >= 0.6 is 0 Å². The Morgan fingerprint density at radius 1 is 1.60 bits per heavy atom. The van der Waals surface area contributed by atoms with Gasteiger partial charge < -0.3 is 5.73 Å². The fourth-order valence-corrected chi connectivity index (χ4v) is 1.27. The zero-order valence-electron chi connectivity index (χ0n) is 6.77. The van der Waals surface area contributed by atoms with E-state index in [-0.39, 0.29) is 0 Å². The summed E-state index contributed by atoms with van der Waals surface area (Å²) in [6, 6.07) is 0. The minimum absolute atomic E-state index is 0.757. The zero-order chi connectivity index (χ0) is 7.40. The van der Waals surface area contributed by atoms with Gasteiger partial charge in [0.2, 0.25) is 0 Å². The lowest BCUT2D eigenvalue weighted by atomic mass is 9.84. The van der Waals surface area contributed by atoms with Gasteiger partial charge in [-0.25, -0.2) is 0 Å². The Kier molecular flexibility index (Phi) is 2.94. The summed E-state index contributed by atoms with van der Waals surface area (Å²) in [5.41, 5.74) is 6.98. The Hall–Kier alpha value is -0.300. The van der Waals surface area contributed by atoms with Crippen LogP contribution in [-0.4, -0.2) is 6.54 Å². The predicted octanol–water partition coefficient (Wildman–Crippen LogP) is 2.08. The molecule has 1 nitrogen and oxygen atoms in total. The Balaban J connectivity index is 2.33. The van der Waals surface area contributed by atoms with Gasteiger partial charge in [-0.05, 0) is 25.2 Å². The summed E-state index contributed by atoms with van der Waals surface area (Å²) in [7, 11) is 0. The van der Waals surface area contributed by atoms with Gasteiger partial charge in [-0.2, -0.15) is 0 Å². The third-order valence-corrected chi connectivity index (χ3v) is 2.34. The maximum atomic E-state index is 5.54. The van der Waals surface area contributed by atoms with Crippen LogP contribution in [0.5, 0.6) is 0 Å². The van der Waals surface area contributed by atoms with Gasteiger partial charge in [-0.1, -0.05) is 25.0 Å². The van der Waals surface area contributed by atoms with Crippen molar-refractivity contribution in [3.63, 3.8) is 0 Å². The molecular formula is C9H17N. The van der Waals surface area contributed by atoms with E-state index in [1.54, 1.807) is 0 Å². The molecule has 0 spiro atoms. The molecule has 0 amide bonds. The van der Waals surface area contributed by atoms with E-state index in [4.69, 9.17) is 5.73 Å². The number of rotatable bonds is 3. The molecule has 1 aliphatic rings. The first-order chi connectivity index (χ1) is 4.86. The van der Waals surface area contributed by atoms with Gasteiger partial charge in [-0.15, -0.1) is 0 Å². The maximum absolute atomic E-state index is 5.54. The lowest BCUT2D eigenvalue weighted by molar-refractivity contribution is 0.385. The Labute approximate surface area is 63.3 Å². The highest BCUT2D eigenvalue weighted by molar-refractivity contribution is 5.06. The van der Waals surface area contributed by atoms with E-state index >= 15 is 0 Å². The van der Waals surface area contributed by atoms with Gasteiger partial charge in [0.25, 0.3) is 0 Å². The minimum Gasteiger partial charge on any atom is -0.327 e. The Morgan fingerprint density at radius 2 is 2.30 bits per heavy atom. The summed E-state index contributed by atoms with van der Waals surface area (Å²) >= 11 is 0. The molecule has 0 atom stereocenters. The van der Waals surface area contributed by atoms with Crippen molar-refractivity contribution in [2.24, 2.45) is 11.7 Å². The molecule has 1 rings (SSSR count).